The Bertz CT molecular complexity index is 655. The quantitative estimate of drug-likeness (QED) is 0.652. The van der Waals surface area contributed by atoms with Crippen LogP contribution in [0.25, 0.3) is 0 Å². The van der Waals surface area contributed by atoms with Crippen LogP contribution in [0.3, 0.4) is 0 Å². The minimum absolute atomic E-state index is 0.0382. The summed E-state index contributed by atoms with van der Waals surface area (Å²) >= 11 is 0. The molecule has 0 aliphatic carbocycles. The number of benzene rings is 1. The Balaban J connectivity index is 1.84. The lowest BCUT2D eigenvalue weighted by atomic mass is 9.94. The number of halogens is 1. The van der Waals surface area contributed by atoms with E-state index in [-0.39, 0.29) is 37.1 Å². The molecule has 0 atom stereocenters. The number of carbonyl (C=O) groups is 1. The summed E-state index contributed by atoms with van der Waals surface area (Å²) in [6.07, 6.45) is 1.19. The van der Waals surface area contributed by atoms with E-state index in [1.54, 1.807) is 19.1 Å². The van der Waals surface area contributed by atoms with Crippen LogP contribution in [0.2, 0.25) is 0 Å². The third kappa shape index (κ3) is 4.41. The third-order valence-corrected chi connectivity index (χ3v) is 4.82. The predicted octanol–water partition coefficient (Wildman–Crippen LogP) is 1.96. The Labute approximate surface area is 129 Å². The topological polar surface area (TPSA) is 86.7 Å². The number of nitrogens with one attached hydrogen (secondary N) is 1. The first-order chi connectivity index (χ1) is 10.3. The molecule has 0 bridgehead atoms. The van der Waals surface area contributed by atoms with Crippen LogP contribution in [0.4, 0.5) is 9.57 Å². The predicted molar refractivity (Wildman–Crippen MR) is 80.4 cm³/mol. The summed E-state index contributed by atoms with van der Waals surface area (Å²) in [5, 5.41) is 12.2. The summed E-state index contributed by atoms with van der Waals surface area (Å²) in [5.41, 5.74) is 1.27. The number of aromatic hydroxyl groups is 1. The minimum atomic E-state index is -4.63. The van der Waals surface area contributed by atoms with Crippen LogP contribution in [-0.2, 0) is 15.2 Å². The molecule has 1 aliphatic rings. The number of phenolic OH excluding ortho intramolecular Hbond substituents is 1. The van der Waals surface area contributed by atoms with Crippen molar-refractivity contribution < 1.29 is 22.2 Å². The Morgan fingerprint density at radius 2 is 2.05 bits per heavy atom. The second-order valence-electron chi connectivity index (χ2n) is 5.54. The Morgan fingerprint density at radius 3 is 2.59 bits per heavy atom. The molecule has 6 nitrogen and oxygen atoms in total. The van der Waals surface area contributed by atoms with Gasteiger partial charge in [-0.1, -0.05) is 3.89 Å². The highest BCUT2D eigenvalue weighted by molar-refractivity contribution is 7.83. The molecule has 0 radical (unpaired) electrons. The lowest BCUT2D eigenvalue weighted by molar-refractivity contribution is -0.117. The molecule has 1 aromatic carbocycles. The first-order valence-electron chi connectivity index (χ1n) is 7.05. The first kappa shape index (κ1) is 16.7. The van der Waals surface area contributed by atoms with Crippen LogP contribution in [-0.4, -0.2) is 36.8 Å². The highest BCUT2D eigenvalue weighted by Gasteiger charge is 2.28. The standard InChI is InChI=1S/C14H19FN2O4S/c1-10-8-12(2-3-13(10)18)16-14(19)9-11-4-6-17(7-5-11)22(15,20)21/h2-3,8,11,18H,4-7,9H2,1H3,(H,16,19). The Kier molecular flexibility index (Phi) is 5.02. The molecule has 1 saturated heterocycles. The Hall–Kier alpha value is -1.67. The molecule has 0 spiro atoms. The molecule has 122 valence electrons. The van der Waals surface area contributed by atoms with E-state index in [2.05, 4.69) is 5.32 Å². The number of anilines is 1. The van der Waals surface area contributed by atoms with Gasteiger partial charge in [-0.2, -0.15) is 12.7 Å². The van der Waals surface area contributed by atoms with Crippen LogP contribution in [0.15, 0.2) is 18.2 Å². The van der Waals surface area contributed by atoms with Crippen LogP contribution < -0.4 is 5.32 Å². The molecular weight excluding hydrogens is 311 g/mol. The van der Waals surface area contributed by atoms with Gasteiger partial charge < -0.3 is 10.4 Å². The summed E-state index contributed by atoms with van der Waals surface area (Å²) in [5.74, 6) is 0.0284. The fourth-order valence-corrected chi connectivity index (χ4v) is 3.19. The molecule has 2 N–H and O–H groups in total. The van der Waals surface area contributed by atoms with Crippen molar-refractivity contribution in [3.05, 3.63) is 23.8 Å². The number of amides is 1. The van der Waals surface area contributed by atoms with Gasteiger partial charge >= 0.3 is 10.4 Å². The van der Waals surface area contributed by atoms with Gasteiger partial charge in [0.15, 0.2) is 0 Å². The van der Waals surface area contributed by atoms with E-state index in [0.717, 1.165) is 4.31 Å². The molecule has 1 heterocycles. The molecule has 1 aromatic rings. The van der Waals surface area contributed by atoms with E-state index >= 15 is 0 Å². The van der Waals surface area contributed by atoms with Gasteiger partial charge in [-0.25, -0.2) is 0 Å². The monoisotopic (exact) mass is 330 g/mol. The third-order valence-electron chi connectivity index (χ3n) is 3.84. The van der Waals surface area contributed by atoms with E-state index < -0.39 is 10.4 Å². The highest BCUT2D eigenvalue weighted by Crippen LogP contribution is 2.24. The maximum absolute atomic E-state index is 12.8. The van der Waals surface area contributed by atoms with E-state index in [1.165, 1.54) is 6.07 Å². The number of carbonyl (C=O) groups excluding carboxylic acids is 1. The van der Waals surface area contributed by atoms with Crippen LogP contribution >= 0.6 is 0 Å². The van der Waals surface area contributed by atoms with Gasteiger partial charge in [0.05, 0.1) is 0 Å². The van der Waals surface area contributed by atoms with Gasteiger partial charge in [-0.3, -0.25) is 4.79 Å². The van der Waals surface area contributed by atoms with Gasteiger partial charge in [-0.15, -0.1) is 0 Å². The number of rotatable bonds is 4. The SMILES string of the molecule is Cc1cc(NC(=O)CC2CCN(S(=O)(=O)F)CC2)ccc1O. The van der Waals surface area contributed by atoms with Crippen LogP contribution in [0.5, 0.6) is 5.75 Å². The normalized spacial score (nSPS) is 17.4. The number of hydrogen-bond donors (Lipinski definition) is 2. The number of hydrogen-bond acceptors (Lipinski definition) is 4. The second-order valence-corrected chi connectivity index (χ2v) is 6.88. The molecular formula is C14H19FN2O4S. The molecule has 1 amide bonds. The Morgan fingerprint density at radius 1 is 1.41 bits per heavy atom. The number of phenols is 1. The van der Waals surface area contributed by atoms with Crippen molar-refractivity contribution in [3.63, 3.8) is 0 Å². The maximum atomic E-state index is 12.8. The van der Waals surface area contributed by atoms with Crippen molar-refractivity contribution in [1.29, 1.82) is 0 Å². The van der Waals surface area contributed by atoms with Gasteiger partial charge in [0.1, 0.15) is 5.75 Å². The number of nitrogens with zero attached hydrogens (tertiary/aromatic N) is 1. The molecule has 2 rings (SSSR count). The van der Waals surface area contributed by atoms with E-state index in [9.17, 15) is 22.2 Å². The molecule has 0 saturated carbocycles. The van der Waals surface area contributed by atoms with Gasteiger partial charge in [0.2, 0.25) is 5.91 Å². The number of aryl methyl sites for hydroxylation is 1. The zero-order valence-electron chi connectivity index (χ0n) is 12.3. The first-order valence-corrected chi connectivity index (χ1v) is 8.39. The van der Waals surface area contributed by atoms with Gasteiger partial charge in [0.25, 0.3) is 0 Å². The van der Waals surface area contributed by atoms with E-state index in [1.807, 2.05) is 0 Å². The molecule has 1 fully saturated rings. The van der Waals surface area contributed by atoms with Crippen molar-refractivity contribution >= 4 is 22.0 Å². The largest absolute Gasteiger partial charge is 0.508 e. The fourth-order valence-electron chi connectivity index (χ4n) is 2.54. The molecule has 22 heavy (non-hydrogen) atoms. The fraction of sp³-hybridized carbons (Fsp3) is 0.500. The van der Waals surface area contributed by atoms with Crippen molar-refractivity contribution in [2.75, 3.05) is 18.4 Å². The summed E-state index contributed by atoms with van der Waals surface area (Å²) in [6.45, 7) is 1.95. The second kappa shape index (κ2) is 6.62. The molecule has 0 aromatic heterocycles. The van der Waals surface area contributed by atoms with Gasteiger partial charge in [-0.05, 0) is 49.4 Å². The van der Waals surface area contributed by atoms with Gasteiger partial charge in [0, 0.05) is 25.2 Å². The van der Waals surface area contributed by atoms with E-state index in [4.69, 9.17) is 0 Å². The smallest absolute Gasteiger partial charge is 0.374 e. The zero-order valence-corrected chi connectivity index (χ0v) is 13.1. The number of piperidine rings is 1. The van der Waals surface area contributed by atoms with Crippen molar-refractivity contribution in [2.24, 2.45) is 5.92 Å². The summed E-state index contributed by atoms with van der Waals surface area (Å²) < 4.78 is 35.2. The summed E-state index contributed by atoms with van der Waals surface area (Å²) in [6, 6.07) is 4.79. The summed E-state index contributed by atoms with van der Waals surface area (Å²) in [4.78, 5) is 12.0. The lowest BCUT2D eigenvalue weighted by Gasteiger charge is -2.28. The van der Waals surface area contributed by atoms with E-state index in [0.29, 0.717) is 24.1 Å². The van der Waals surface area contributed by atoms with Crippen molar-refractivity contribution in [2.45, 2.75) is 26.2 Å². The summed E-state index contributed by atoms with van der Waals surface area (Å²) in [7, 11) is -4.63. The highest BCUT2D eigenvalue weighted by atomic mass is 32.3. The minimum Gasteiger partial charge on any atom is -0.508 e. The van der Waals surface area contributed by atoms with Crippen molar-refractivity contribution in [1.82, 2.24) is 4.31 Å². The molecule has 1 aliphatic heterocycles. The molecule has 0 unspecified atom stereocenters. The van der Waals surface area contributed by atoms with Crippen LogP contribution in [0.1, 0.15) is 24.8 Å². The molecule has 8 heteroatoms. The zero-order chi connectivity index (χ0) is 16.3. The average molecular weight is 330 g/mol. The maximum Gasteiger partial charge on any atom is 0.374 e. The van der Waals surface area contributed by atoms with Crippen LogP contribution in [0, 0.1) is 12.8 Å². The van der Waals surface area contributed by atoms with Crippen molar-refractivity contribution in [3.8, 4) is 5.75 Å². The lowest BCUT2D eigenvalue weighted by Crippen LogP contribution is -2.37. The average Bonchev–Trinajstić information content (AvgIpc) is 2.42.